The summed E-state index contributed by atoms with van der Waals surface area (Å²) in [5, 5.41) is 8.89. The molecule has 0 N–H and O–H groups in total. The Morgan fingerprint density at radius 3 is 2.86 bits per heavy atom. The maximum Gasteiger partial charge on any atom is 0.122 e. The van der Waals surface area contributed by atoms with Crippen molar-refractivity contribution >= 4 is 5.57 Å². The van der Waals surface area contributed by atoms with Crippen molar-refractivity contribution in [2.75, 3.05) is 7.11 Å². The summed E-state index contributed by atoms with van der Waals surface area (Å²) in [6.07, 6.45) is 2.83. The molecule has 0 bridgehead atoms. The monoisotopic (exact) mass is 185 g/mol. The first-order valence-corrected chi connectivity index (χ1v) is 4.54. The van der Waals surface area contributed by atoms with Gasteiger partial charge in [-0.1, -0.05) is 12.1 Å². The molecule has 0 spiro atoms. The number of allylic oxidation sites excluding steroid dienone is 2. The molecule has 2 rings (SSSR count). The molecular formula is C12H11NO. The average molecular weight is 185 g/mol. The Morgan fingerprint density at radius 2 is 2.21 bits per heavy atom. The highest BCUT2D eigenvalue weighted by Gasteiger charge is 2.15. The summed E-state index contributed by atoms with van der Waals surface area (Å²) in [6.45, 7) is 2.02. The van der Waals surface area contributed by atoms with Crippen LogP contribution in [-0.4, -0.2) is 7.11 Å². The van der Waals surface area contributed by atoms with Crippen LogP contribution >= 0.6 is 0 Å². The fraction of sp³-hybridized carbons (Fsp3) is 0.250. The molecule has 0 heterocycles. The van der Waals surface area contributed by atoms with E-state index in [2.05, 4.69) is 12.1 Å². The van der Waals surface area contributed by atoms with Crippen molar-refractivity contribution in [3.05, 3.63) is 34.9 Å². The number of nitrogens with zero attached hydrogens (tertiary/aromatic N) is 1. The second-order valence-electron chi connectivity index (χ2n) is 3.41. The molecule has 0 saturated heterocycles. The van der Waals surface area contributed by atoms with E-state index in [1.807, 2.05) is 19.1 Å². The van der Waals surface area contributed by atoms with Crippen LogP contribution in [0.3, 0.4) is 0 Å². The van der Waals surface area contributed by atoms with E-state index in [9.17, 15) is 0 Å². The first-order chi connectivity index (χ1) is 6.76. The third kappa shape index (κ3) is 1.18. The summed E-state index contributed by atoms with van der Waals surface area (Å²) >= 11 is 0. The topological polar surface area (TPSA) is 33.0 Å². The van der Waals surface area contributed by atoms with E-state index in [0.29, 0.717) is 0 Å². The zero-order valence-electron chi connectivity index (χ0n) is 8.29. The third-order valence-electron chi connectivity index (χ3n) is 2.56. The van der Waals surface area contributed by atoms with Gasteiger partial charge in [0, 0.05) is 0 Å². The Morgan fingerprint density at radius 1 is 1.43 bits per heavy atom. The molecule has 0 amide bonds. The Hall–Kier alpha value is -1.75. The van der Waals surface area contributed by atoms with Crippen molar-refractivity contribution in [2.45, 2.75) is 13.3 Å². The molecule has 0 unspecified atom stereocenters. The second kappa shape index (κ2) is 3.19. The molecule has 2 heteroatoms. The fourth-order valence-electron chi connectivity index (χ4n) is 1.82. The summed E-state index contributed by atoms with van der Waals surface area (Å²) in [7, 11) is 1.65. The molecule has 1 aliphatic rings. The highest BCUT2D eigenvalue weighted by molar-refractivity contribution is 5.83. The van der Waals surface area contributed by atoms with E-state index in [1.54, 1.807) is 7.11 Å². The van der Waals surface area contributed by atoms with Gasteiger partial charge < -0.3 is 4.74 Å². The molecule has 1 aromatic rings. The number of rotatable bonds is 1. The van der Waals surface area contributed by atoms with E-state index in [0.717, 1.165) is 28.9 Å². The highest BCUT2D eigenvalue weighted by atomic mass is 16.5. The Kier molecular flexibility index (Phi) is 2.01. The van der Waals surface area contributed by atoms with Gasteiger partial charge in [0.2, 0.25) is 0 Å². The molecule has 0 fully saturated rings. The van der Waals surface area contributed by atoms with Crippen molar-refractivity contribution in [3.63, 3.8) is 0 Å². The van der Waals surface area contributed by atoms with Gasteiger partial charge in [-0.05, 0) is 36.1 Å². The van der Waals surface area contributed by atoms with Crippen LogP contribution in [0.4, 0.5) is 0 Å². The van der Waals surface area contributed by atoms with Crippen LogP contribution in [-0.2, 0) is 6.42 Å². The number of methoxy groups -OCH3 is 1. The molecule has 14 heavy (non-hydrogen) atoms. The molecule has 0 atom stereocenters. The predicted octanol–water partition coefficient (Wildman–Crippen LogP) is 2.47. The number of hydrogen-bond acceptors (Lipinski definition) is 2. The zero-order valence-corrected chi connectivity index (χ0v) is 8.29. The minimum atomic E-state index is 0.762. The summed E-state index contributed by atoms with van der Waals surface area (Å²) in [6, 6.07) is 6.24. The quantitative estimate of drug-likeness (QED) is 0.673. The number of ether oxygens (including phenoxy) is 1. The van der Waals surface area contributed by atoms with Crippen molar-refractivity contribution in [1.29, 1.82) is 5.26 Å². The molecule has 0 aliphatic heterocycles. The normalized spacial score (nSPS) is 13.1. The molecule has 1 aromatic carbocycles. The molecule has 0 radical (unpaired) electrons. The van der Waals surface area contributed by atoms with Crippen LogP contribution in [0.5, 0.6) is 5.75 Å². The summed E-state index contributed by atoms with van der Waals surface area (Å²) in [5.74, 6) is 0.854. The lowest BCUT2D eigenvalue weighted by molar-refractivity contribution is 0.411. The van der Waals surface area contributed by atoms with Gasteiger partial charge in [0.25, 0.3) is 0 Å². The van der Waals surface area contributed by atoms with Gasteiger partial charge in [0.15, 0.2) is 0 Å². The lowest BCUT2D eigenvalue weighted by atomic mass is 10.0. The minimum Gasteiger partial charge on any atom is -0.496 e. The smallest absolute Gasteiger partial charge is 0.122 e. The third-order valence-corrected chi connectivity index (χ3v) is 2.56. The van der Waals surface area contributed by atoms with Crippen LogP contribution in [0.15, 0.2) is 18.2 Å². The Balaban J connectivity index is 2.57. The highest BCUT2D eigenvalue weighted by Crippen LogP contribution is 2.32. The zero-order chi connectivity index (χ0) is 10.1. The van der Waals surface area contributed by atoms with Gasteiger partial charge in [-0.2, -0.15) is 5.26 Å². The van der Waals surface area contributed by atoms with E-state index < -0.39 is 0 Å². The Bertz CT molecular complexity index is 452. The standard InChI is InChI=1S/C12H11NO/c1-8-5-9-3-4-10(7-13)11(9)6-12(8)14-2/h4-6H,3H2,1-2H3. The molecule has 70 valence electrons. The number of fused-ring (bicyclic) bond motifs is 1. The largest absolute Gasteiger partial charge is 0.496 e. The summed E-state index contributed by atoms with van der Waals surface area (Å²) < 4.78 is 5.23. The maximum absolute atomic E-state index is 8.89. The van der Waals surface area contributed by atoms with Crippen molar-refractivity contribution in [3.8, 4) is 11.8 Å². The summed E-state index contributed by atoms with van der Waals surface area (Å²) in [5.41, 5.74) is 4.13. The van der Waals surface area contributed by atoms with Crippen LogP contribution < -0.4 is 4.74 Å². The van der Waals surface area contributed by atoms with Crippen LogP contribution in [0, 0.1) is 18.3 Å². The second-order valence-corrected chi connectivity index (χ2v) is 3.41. The van der Waals surface area contributed by atoms with Crippen LogP contribution in [0.25, 0.3) is 5.57 Å². The van der Waals surface area contributed by atoms with Gasteiger partial charge >= 0.3 is 0 Å². The summed E-state index contributed by atoms with van der Waals surface area (Å²) in [4.78, 5) is 0. The van der Waals surface area contributed by atoms with Gasteiger partial charge in [-0.15, -0.1) is 0 Å². The first-order valence-electron chi connectivity index (χ1n) is 4.54. The lowest BCUT2D eigenvalue weighted by Crippen LogP contribution is -1.91. The average Bonchev–Trinajstić information content (AvgIpc) is 2.58. The molecular weight excluding hydrogens is 174 g/mol. The Labute approximate surface area is 83.4 Å². The van der Waals surface area contributed by atoms with Crippen molar-refractivity contribution in [1.82, 2.24) is 0 Å². The molecule has 2 nitrogen and oxygen atoms in total. The maximum atomic E-state index is 8.89. The number of aryl methyl sites for hydroxylation is 1. The van der Waals surface area contributed by atoms with Gasteiger partial charge in [-0.25, -0.2) is 0 Å². The van der Waals surface area contributed by atoms with Crippen molar-refractivity contribution < 1.29 is 4.74 Å². The van der Waals surface area contributed by atoms with Gasteiger partial charge in [0.05, 0.1) is 18.8 Å². The molecule has 1 aliphatic carbocycles. The number of benzene rings is 1. The van der Waals surface area contributed by atoms with E-state index >= 15 is 0 Å². The SMILES string of the molecule is COc1cc2c(cc1C)CC=C2C#N. The van der Waals surface area contributed by atoms with Crippen molar-refractivity contribution in [2.24, 2.45) is 0 Å². The number of nitriles is 1. The lowest BCUT2D eigenvalue weighted by Gasteiger charge is -2.08. The van der Waals surface area contributed by atoms with Gasteiger partial charge in [-0.3, -0.25) is 0 Å². The van der Waals surface area contributed by atoms with E-state index in [1.165, 1.54) is 5.56 Å². The van der Waals surface area contributed by atoms with E-state index in [-0.39, 0.29) is 0 Å². The minimum absolute atomic E-state index is 0.762. The number of hydrogen-bond donors (Lipinski definition) is 0. The predicted molar refractivity (Wildman–Crippen MR) is 55.0 cm³/mol. The fourth-order valence-corrected chi connectivity index (χ4v) is 1.82. The van der Waals surface area contributed by atoms with Gasteiger partial charge in [0.1, 0.15) is 5.75 Å². The van der Waals surface area contributed by atoms with Crippen LogP contribution in [0.2, 0.25) is 0 Å². The van der Waals surface area contributed by atoms with E-state index in [4.69, 9.17) is 10.00 Å². The molecule has 0 aromatic heterocycles. The molecule has 0 saturated carbocycles. The first kappa shape index (κ1) is 8.83. The van der Waals surface area contributed by atoms with Crippen LogP contribution in [0.1, 0.15) is 16.7 Å².